The summed E-state index contributed by atoms with van der Waals surface area (Å²) in [7, 11) is 3.35. The molecule has 186 valence electrons. The second kappa shape index (κ2) is 11.8. The van der Waals surface area contributed by atoms with Gasteiger partial charge in [-0.05, 0) is 41.6 Å². The normalized spacial score (nSPS) is 10.7. The molecule has 36 heavy (non-hydrogen) atoms. The Morgan fingerprint density at radius 2 is 1.67 bits per heavy atom. The fraction of sp³-hybridized carbons (Fsp3) is 0.207. The Kier molecular flexibility index (Phi) is 8.36. The van der Waals surface area contributed by atoms with E-state index < -0.39 is 0 Å². The predicted molar refractivity (Wildman–Crippen MR) is 138 cm³/mol. The second-order valence-corrected chi connectivity index (χ2v) is 8.49. The minimum absolute atomic E-state index is 0. The first-order chi connectivity index (χ1) is 17.2. The maximum absolute atomic E-state index is 5.66. The minimum Gasteiger partial charge on any atom is -0.497 e. The van der Waals surface area contributed by atoms with Crippen LogP contribution in [-0.4, -0.2) is 34.0 Å². The van der Waals surface area contributed by atoms with Crippen LogP contribution in [0.3, 0.4) is 0 Å². The third-order valence-electron chi connectivity index (χ3n) is 6.34. The van der Waals surface area contributed by atoms with Crippen LogP contribution >= 0.6 is 0 Å². The molecule has 0 saturated heterocycles. The molecule has 1 N–H and O–H groups in total. The summed E-state index contributed by atoms with van der Waals surface area (Å²) >= 11 is 0. The van der Waals surface area contributed by atoms with Crippen molar-refractivity contribution in [3.05, 3.63) is 114 Å². The van der Waals surface area contributed by atoms with E-state index in [1.54, 1.807) is 14.2 Å². The summed E-state index contributed by atoms with van der Waals surface area (Å²) in [5.41, 5.74) is 4.72. The molecule has 0 radical (unpaired) electrons. The summed E-state index contributed by atoms with van der Waals surface area (Å²) in [6.45, 7) is 0.615. The standard InChI is InChI=1S/C29H29N4O2.Fe/c1-34-24-15-13-23(27(18-24)35-2)20-33-28(16-12-21-8-4-3-5-9-21)31-32-29(33)17-14-22-19-30-26-11-7-6-10-25(22)26;/h3-11,13,15,17-19,30H,12,14,16,20H2,1-2H3;/q-1;. The van der Waals surface area contributed by atoms with Gasteiger partial charge in [-0.15, -0.1) is 11.5 Å². The molecule has 5 rings (SSSR count). The summed E-state index contributed by atoms with van der Waals surface area (Å²) in [6.07, 6.45) is 6.70. The van der Waals surface area contributed by atoms with Gasteiger partial charge in [0, 0.05) is 52.2 Å². The zero-order chi connectivity index (χ0) is 24.0. The van der Waals surface area contributed by atoms with Crippen molar-refractivity contribution in [3.63, 3.8) is 0 Å². The minimum atomic E-state index is 0. The molecule has 6 nitrogen and oxygen atoms in total. The van der Waals surface area contributed by atoms with Crippen LogP contribution in [0, 0.1) is 6.42 Å². The number of ether oxygens (including phenoxy) is 2. The number of aromatic amines is 1. The fourth-order valence-corrected chi connectivity index (χ4v) is 4.41. The molecule has 0 unspecified atom stereocenters. The first-order valence-corrected chi connectivity index (χ1v) is 11.8. The van der Waals surface area contributed by atoms with Crippen molar-refractivity contribution in [2.75, 3.05) is 14.2 Å². The summed E-state index contributed by atoms with van der Waals surface area (Å²) < 4.78 is 13.2. The van der Waals surface area contributed by atoms with Crippen molar-refractivity contribution in [1.29, 1.82) is 0 Å². The van der Waals surface area contributed by atoms with Gasteiger partial charge in [-0.25, -0.2) is 0 Å². The van der Waals surface area contributed by atoms with Gasteiger partial charge in [0.05, 0.1) is 20.8 Å². The van der Waals surface area contributed by atoms with Crippen molar-refractivity contribution >= 4 is 10.9 Å². The number of benzene rings is 3. The molecule has 0 atom stereocenters. The Hall–Kier alpha value is -3.67. The zero-order valence-electron chi connectivity index (χ0n) is 20.4. The topological polar surface area (TPSA) is 65.0 Å². The number of aromatic nitrogens is 4. The monoisotopic (exact) mass is 521 g/mol. The van der Waals surface area contributed by atoms with Crippen LogP contribution in [0.2, 0.25) is 0 Å². The number of para-hydroxylation sites is 1. The van der Waals surface area contributed by atoms with E-state index in [4.69, 9.17) is 9.47 Å². The molecule has 0 aliphatic carbocycles. The van der Waals surface area contributed by atoms with Crippen molar-refractivity contribution in [1.82, 2.24) is 19.7 Å². The molecule has 0 amide bonds. The molecule has 0 saturated carbocycles. The summed E-state index contributed by atoms with van der Waals surface area (Å²) in [5.74, 6) is 3.37. The predicted octanol–water partition coefficient (Wildman–Crippen LogP) is 5.40. The second-order valence-electron chi connectivity index (χ2n) is 8.49. The molecular formula is C29H29FeN4O2-. The average molecular weight is 521 g/mol. The van der Waals surface area contributed by atoms with Crippen LogP contribution in [0.5, 0.6) is 11.5 Å². The number of nitrogens with one attached hydrogen (secondary N) is 1. The third kappa shape index (κ3) is 5.59. The molecule has 0 aliphatic heterocycles. The maximum Gasteiger partial charge on any atom is 0.131 e. The molecular weight excluding hydrogens is 492 g/mol. The van der Waals surface area contributed by atoms with E-state index in [1.807, 2.05) is 30.3 Å². The van der Waals surface area contributed by atoms with Gasteiger partial charge in [0.25, 0.3) is 0 Å². The van der Waals surface area contributed by atoms with E-state index in [2.05, 4.69) is 74.8 Å². The van der Waals surface area contributed by atoms with Crippen LogP contribution in [0.1, 0.15) is 28.3 Å². The maximum atomic E-state index is 5.66. The number of methoxy groups -OCH3 is 2. The van der Waals surface area contributed by atoms with Gasteiger partial charge in [-0.1, -0.05) is 48.5 Å². The molecule has 7 heteroatoms. The summed E-state index contributed by atoms with van der Waals surface area (Å²) in [5, 5.41) is 10.4. The third-order valence-corrected chi connectivity index (χ3v) is 6.34. The SMILES string of the molecule is COc1ccc(Cn2c([CH-]Cc3c[nH]c4ccccc34)nnc2CCc2ccccc2)c(OC)c1.[Fe]. The van der Waals surface area contributed by atoms with Crippen molar-refractivity contribution in [2.24, 2.45) is 0 Å². The molecule has 0 spiro atoms. The number of H-pyrrole nitrogens is 1. The zero-order valence-corrected chi connectivity index (χ0v) is 21.5. The number of hydrogen-bond acceptors (Lipinski definition) is 4. The van der Waals surface area contributed by atoms with E-state index in [-0.39, 0.29) is 17.1 Å². The van der Waals surface area contributed by atoms with Gasteiger partial charge in [0.1, 0.15) is 17.3 Å². The van der Waals surface area contributed by atoms with Gasteiger partial charge in [-0.2, -0.15) is 5.10 Å². The van der Waals surface area contributed by atoms with E-state index in [0.29, 0.717) is 6.54 Å². The van der Waals surface area contributed by atoms with E-state index >= 15 is 0 Å². The Bertz CT molecular complexity index is 1410. The van der Waals surface area contributed by atoms with Crippen molar-refractivity contribution < 1.29 is 26.5 Å². The Morgan fingerprint density at radius 3 is 2.47 bits per heavy atom. The van der Waals surface area contributed by atoms with Gasteiger partial charge in [0.15, 0.2) is 0 Å². The molecule has 2 aromatic heterocycles. The quantitative estimate of drug-likeness (QED) is 0.197. The number of nitrogens with zero attached hydrogens (tertiary/aromatic N) is 3. The summed E-state index contributed by atoms with van der Waals surface area (Å²) in [6, 6.07) is 24.8. The van der Waals surface area contributed by atoms with Crippen LogP contribution < -0.4 is 9.47 Å². The smallest absolute Gasteiger partial charge is 0.131 e. The Morgan fingerprint density at radius 1 is 0.861 bits per heavy atom. The van der Waals surface area contributed by atoms with Gasteiger partial charge >= 0.3 is 0 Å². The first-order valence-electron chi connectivity index (χ1n) is 11.8. The fourth-order valence-electron chi connectivity index (χ4n) is 4.41. The number of fused-ring (bicyclic) bond motifs is 1. The number of rotatable bonds is 10. The molecule has 3 aromatic carbocycles. The van der Waals surface area contributed by atoms with Crippen molar-refractivity contribution in [3.8, 4) is 11.5 Å². The van der Waals surface area contributed by atoms with E-state index in [0.717, 1.165) is 53.5 Å². The first kappa shape index (κ1) is 25.4. The van der Waals surface area contributed by atoms with Crippen LogP contribution in [-0.2, 0) is 42.9 Å². The van der Waals surface area contributed by atoms with Gasteiger partial charge < -0.3 is 25.4 Å². The van der Waals surface area contributed by atoms with E-state index in [9.17, 15) is 0 Å². The van der Waals surface area contributed by atoms with Gasteiger partial charge in [-0.3, -0.25) is 0 Å². The Labute approximate surface area is 222 Å². The number of hydrogen-bond donors (Lipinski definition) is 1. The Balaban J connectivity index is 0.00000304. The van der Waals surface area contributed by atoms with Gasteiger partial charge in [0.2, 0.25) is 0 Å². The number of aryl methyl sites for hydroxylation is 2. The van der Waals surface area contributed by atoms with Crippen LogP contribution in [0.25, 0.3) is 10.9 Å². The molecule has 5 aromatic rings. The van der Waals surface area contributed by atoms with Crippen molar-refractivity contribution in [2.45, 2.75) is 25.8 Å². The van der Waals surface area contributed by atoms with Crippen LogP contribution in [0.4, 0.5) is 0 Å². The van der Waals surface area contributed by atoms with Crippen LogP contribution in [0.15, 0.2) is 79.0 Å². The average Bonchev–Trinajstić information content (AvgIpc) is 3.50. The molecule has 0 aliphatic rings. The summed E-state index contributed by atoms with van der Waals surface area (Å²) in [4.78, 5) is 3.36. The largest absolute Gasteiger partial charge is 0.497 e. The van der Waals surface area contributed by atoms with E-state index in [1.165, 1.54) is 16.5 Å². The molecule has 0 bridgehead atoms. The molecule has 0 fully saturated rings. The molecule has 2 heterocycles.